The number of nitrogens with zero attached hydrogens (tertiary/aromatic N) is 1. The summed E-state index contributed by atoms with van der Waals surface area (Å²) >= 11 is 0. The maximum atomic E-state index is 11.7. The number of aliphatic hydroxyl groups is 1. The second-order valence-electron chi connectivity index (χ2n) is 7.36. The summed E-state index contributed by atoms with van der Waals surface area (Å²) < 4.78 is 4.78. The van der Waals surface area contributed by atoms with Crippen LogP contribution in [-0.4, -0.2) is 65.8 Å². The molecule has 8 heteroatoms. The Morgan fingerprint density at radius 1 is 1.29 bits per heavy atom. The Balaban J connectivity index is 0.000000878. The van der Waals surface area contributed by atoms with Crippen LogP contribution < -0.4 is 5.32 Å². The quantitative estimate of drug-likeness (QED) is 0.514. The second-order valence-corrected chi connectivity index (χ2v) is 7.36. The van der Waals surface area contributed by atoms with Gasteiger partial charge in [-0.2, -0.15) is 0 Å². The monoisotopic (exact) mass is 392 g/mol. The average molecular weight is 392 g/mol. The van der Waals surface area contributed by atoms with Gasteiger partial charge in [-0.1, -0.05) is 12.1 Å². The number of hydrogen-bond acceptors (Lipinski definition) is 6. The lowest BCUT2D eigenvalue weighted by atomic mass is 9.77. The van der Waals surface area contributed by atoms with E-state index >= 15 is 0 Å². The van der Waals surface area contributed by atoms with Crippen molar-refractivity contribution in [3.05, 3.63) is 35.4 Å². The van der Waals surface area contributed by atoms with E-state index < -0.39 is 6.10 Å². The summed E-state index contributed by atoms with van der Waals surface area (Å²) in [5.74, 6) is 0.544. The maximum absolute atomic E-state index is 11.7. The number of carboxylic acid groups (broad SMARTS) is 1. The molecule has 0 unspecified atom stereocenters. The van der Waals surface area contributed by atoms with Crippen LogP contribution in [0.2, 0.25) is 0 Å². The molecule has 1 saturated heterocycles. The molecule has 3 rings (SSSR count). The van der Waals surface area contributed by atoms with Crippen LogP contribution in [0.5, 0.6) is 0 Å². The highest BCUT2D eigenvalue weighted by molar-refractivity contribution is 5.89. The van der Waals surface area contributed by atoms with Crippen molar-refractivity contribution in [2.75, 3.05) is 20.2 Å². The Labute approximate surface area is 164 Å². The largest absolute Gasteiger partial charge is 0.483 e. The number of likely N-dealkylation sites (tertiary alicyclic amines) is 1. The first kappa shape index (κ1) is 21.8. The molecule has 8 nitrogen and oxygen atoms in total. The molecule has 1 aliphatic carbocycles. The molecule has 0 radical (unpaired) electrons. The van der Waals surface area contributed by atoms with Gasteiger partial charge in [0.05, 0.1) is 24.8 Å². The Kier molecular flexibility index (Phi) is 7.95. The molecule has 2 aliphatic rings. The molecule has 1 heterocycles. The van der Waals surface area contributed by atoms with Gasteiger partial charge in [-0.05, 0) is 42.4 Å². The summed E-state index contributed by atoms with van der Waals surface area (Å²) in [5.41, 5.74) is 1.65. The molecule has 1 aromatic rings. The molecular formula is C20H28N2O6. The standard InChI is InChI=1S/C19H26N2O4.CH2O2/c1-12(22)20-17-7-15-10-21(11-16(15)8-18(17)23)9-13-4-3-5-14(6-13)19(24)25-2;2-1-3/h3-6,15-18,23H,7-11H2,1-2H3,(H,20,22);1H,(H,2,3)/t15-,16+,17-,18-;/m1./s1. The molecule has 4 atom stereocenters. The van der Waals surface area contributed by atoms with E-state index in [4.69, 9.17) is 14.6 Å². The molecule has 0 bridgehead atoms. The fraction of sp³-hybridized carbons (Fsp3) is 0.550. The van der Waals surface area contributed by atoms with Gasteiger partial charge >= 0.3 is 5.97 Å². The fourth-order valence-electron chi connectivity index (χ4n) is 4.25. The van der Waals surface area contributed by atoms with Crippen molar-refractivity contribution in [1.82, 2.24) is 10.2 Å². The van der Waals surface area contributed by atoms with E-state index in [-0.39, 0.29) is 24.4 Å². The number of esters is 1. The van der Waals surface area contributed by atoms with Crippen molar-refractivity contribution in [3.63, 3.8) is 0 Å². The Bertz CT molecular complexity index is 695. The molecule has 0 aromatic heterocycles. The number of aliphatic hydroxyl groups excluding tert-OH is 1. The molecule has 154 valence electrons. The lowest BCUT2D eigenvalue weighted by Gasteiger charge is -2.35. The smallest absolute Gasteiger partial charge is 0.337 e. The summed E-state index contributed by atoms with van der Waals surface area (Å²) in [4.78, 5) is 33.7. The van der Waals surface area contributed by atoms with Crippen LogP contribution in [0.1, 0.15) is 35.7 Å². The van der Waals surface area contributed by atoms with E-state index in [1.54, 1.807) is 6.07 Å². The highest BCUT2D eigenvalue weighted by atomic mass is 16.5. The van der Waals surface area contributed by atoms with Crippen molar-refractivity contribution < 1.29 is 29.3 Å². The van der Waals surface area contributed by atoms with E-state index in [1.165, 1.54) is 14.0 Å². The van der Waals surface area contributed by atoms with Gasteiger partial charge < -0.3 is 20.3 Å². The van der Waals surface area contributed by atoms with E-state index in [1.807, 2.05) is 18.2 Å². The Hall–Kier alpha value is -2.45. The Morgan fingerprint density at radius 2 is 1.93 bits per heavy atom. The van der Waals surface area contributed by atoms with Crippen molar-refractivity contribution in [1.29, 1.82) is 0 Å². The summed E-state index contributed by atoms with van der Waals surface area (Å²) in [5, 5.41) is 20.0. The first-order valence-electron chi connectivity index (χ1n) is 9.30. The first-order chi connectivity index (χ1) is 13.4. The summed E-state index contributed by atoms with van der Waals surface area (Å²) in [6.45, 7) is 3.92. The molecule has 0 spiro atoms. The lowest BCUT2D eigenvalue weighted by molar-refractivity contribution is -0.123. The van der Waals surface area contributed by atoms with Gasteiger partial charge in [-0.25, -0.2) is 4.79 Å². The van der Waals surface area contributed by atoms with Crippen LogP contribution >= 0.6 is 0 Å². The van der Waals surface area contributed by atoms with Gasteiger partial charge in [0.2, 0.25) is 5.91 Å². The zero-order valence-corrected chi connectivity index (χ0v) is 16.2. The molecule has 28 heavy (non-hydrogen) atoms. The minimum atomic E-state index is -0.465. The summed E-state index contributed by atoms with van der Waals surface area (Å²) in [6.07, 6.45) is 1.09. The number of carbonyl (C=O) groups excluding carboxylic acids is 2. The molecular weight excluding hydrogens is 364 g/mol. The Morgan fingerprint density at radius 3 is 2.54 bits per heavy atom. The number of rotatable bonds is 4. The molecule has 1 amide bonds. The van der Waals surface area contributed by atoms with Crippen molar-refractivity contribution in [2.45, 2.75) is 38.5 Å². The van der Waals surface area contributed by atoms with Crippen LogP contribution in [0.15, 0.2) is 24.3 Å². The van der Waals surface area contributed by atoms with E-state index in [0.717, 1.165) is 38.0 Å². The van der Waals surface area contributed by atoms with Crippen molar-refractivity contribution in [2.24, 2.45) is 11.8 Å². The molecule has 1 aliphatic heterocycles. The van der Waals surface area contributed by atoms with Crippen LogP contribution in [0.4, 0.5) is 0 Å². The molecule has 3 N–H and O–H groups in total. The lowest BCUT2D eigenvalue weighted by Crippen LogP contribution is -2.48. The number of fused-ring (bicyclic) bond motifs is 1. The van der Waals surface area contributed by atoms with Gasteiger partial charge in [-0.3, -0.25) is 14.5 Å². The minimum Gasteiger partial charge on any atom is -0.483 e. The summed E-state index contributed by atoms with van der Waals surface area (Å²) in [6, 6.07) is 7.39. The van der Waals surface area contributed by atoms with Gasteiger partial charge in [0, 0.05) is 26.6 Å². The fourth-order valence-corrected chi connectivity index (χ4v) is 4.25. The van der Waals surface area contributed by atoms with Gasteiger partial charge in [0.1, 0.15) is 0 Å². The number of carbonyl (C=O) groups is 3. The number of ether oxygens (including phenoxy) is 1. The maximum Gasteiger partial charge on any atom is 0.337 e. The first-order valence-corrected chi connectivity index (χ1v) is 9.30. The van der Waals surface area contributed by atoms with Gasteiger partial charge in [0.25, 0.3) is 6.47 Å². The van der Waals surface area contributed by atoms with E-state index in [0.29, 0.717) is 17.4 Å². The van der Waals surface area contributed by atoms with E-state index in [2.05, 4.69) is 10.2 Å². The highest BCUT2D eigenvalue weighted by Gasteiger charge is 2.41. The predicted molar refractivity (Wildman–Crippen MR) is 102 cm³/mol. The third-order valence-electron chi connectivity index (χ3n) is 5.36. The number of nitrogens with one attached hydrogen (secondary N) is 1. The average Bonchev–Trinajstić information content (AvgIpc) is 3.02. The predicted octanol–water partition coefficient (Wildman–Crippen LogP) is 0.881. The third-order valence-corrected chi connectivity index (χ3v) is 5.36. The number of methoxy groups -OCH3 is 1. The highest BCUT2D eigenvalue weighted by Crippen LogP contribution is 2.37. The normalized spacial score (nSPS) is 26.4. The van der Waals surface area contributed by atoms with E-state index in [9.17, 15) is 14.7 Å². The molecule has 2 fully saturated rings. The third kappa shape index (κ3) is 5.77. The number of hydrogen-bond donors (Lipinski definition) is 3. The van der Waals surface area contributed by atoms with Crippen LogP contribution in [0.25, 0.3) is 0 Å². The number of amides is 1. The van der Waals surface area contributed by atoms with Gasteiger partial charge in [-0.15, -0.1) is 0 Å². The summed E-state index contributed by atoms with van der Waals surface area (Å²) in [7, 11) is 1.39. The van der Waals surface area contributed by atoms with Crippen LogP contribution in [-0.2, 0) is 20.9 Å². The zero-order valence-electron chi connectivity index (χ0n) is 16.2. The van der Waals surface area contributed by atoms with Crippen molar-refractivity contribution >= 4 is 18.3 Å². The minimum absolute atomic E-state index is 0.0861. The van der Waals surface area contributed by atoms with Crippen LogP contribution in [0, 0.1) is 11.8 Å². The topological polar surface area (TPSA) is 116 Å². The molecule has 1 aromatic carbocycles. The SMILES string of the molecule is COC(=O)c1cccc(CN2C[C@H]3C[C@@H](NC(C)=O)[C@H](O)C[C@H]3C2)c1.O=CO. The second kappa shape index (κ2) is 10.2. The van der Waals surface area contributed by atoms with Crippen molar-refractivity contribution in [3.8, 4) is 0 Å². The van der Waals surface area contributed by atoms with Gasteiger partial charge in [0.15, 0.2) is 0 Å². The number of benzene rings is 1. The molecule has 1 saturated carbocycles. The van der Waals surface area contributed by atoms with Crippen LogP contribution in [0.3, 0.4) is 0 Å². The zero-order chi connectivity index (χ0) is 20.7.